The van der Waals surface area contributed by atoms with Crippen molar-refractivity contribution >= 4 is 12.1 Å². The van der Waals surface area contributed by atoms with Crippen molar-refractivity contribution < 1.29 is 9.90 Å². The van der Waals surface area contributed by atoms with Crippen LogP contribution in [-0.4, -0.2) is 31.3 Å². The molecule has 2 heterocycles. The Bertz CT molecular complexity index is 851. The third-order valence-corrected chi connectivity index (χ3v) is 2.95. The molecule has 0 bridgehead atoms. The van der Waals surface area contributed by atoms with E-state index in [-0.39, 0.29) is 11.1 Å². The first-order valence-corrected chi connectivity index (χ1v) is 6.16. The SMILES string of the molecule is Cn1c(O)c(/C=N/NC(=O)c2cccnc2)c(=O)n(C)c1=O. The number of hydrogen-bond acceptors (Lipinski definition) is 6. The minimum atomic E-state index is -0.722. The normalized spacial score (nSPS) is 10.8. The molecule has 0 aromatic carbocycles. The zero-order valence-corrected chi connectivity index (χ0v) is 11.8. The number of aromatic nitrogens is 3. The number of pyridine rings is 1. The maximum absolute atomic E-state index is 11.9. The van der Waals surface area contributed by atoms with E-state index < -0.39 is 23.0 Å². The molecule has 0 aliphatic rings. The quantitative estimate of drug-likeness (QED) is 0.554. The predicted molar refractivity (Wildman–Crippen MR) is 77.9 cm³/mol. The summed E-state index contributed by atoms with van der Waals surface area (Å²) in [6.45, 7) is 0. The van der Waals surface area contributed by atoms with Crippen LogP contribution in [0.5, 0.6) is 5.88 Å². The molecule has 2 N–H and O–H groups in total. The molecular formula is C13H13N5O4. The third-order valence-electron chi connectivity index (χ3n) is 2.95. The van der Waals surface area contributed by atoms with Crippen LogP contribution in [0.1, 0.15) is 15.9 Å². The van der Waals surface area contributed by atoms with Gasteiger partial charge in [-0.15, -0.1) is 0 Å². The topological polar surface area (TPSA) is 119 Å². The number of carbonyl (C=O) groups excluding carboxylic acids is 1. The maximum atomic E-state index is 11.9. The summed E-state index contributed by atoms with van der Waals surface area (Å²) in [5.41, 5.74) is 0.887. The van der Waals surface area contributed by atoms with Gasteiger partial charge < -0.3 is 5.11 Å². The van der Waals surface area contributed by atoms with Gasteiger partial charge in [0.05, 0.1) is 11.8 Å². The molecule has 9 nitrogen and oxygen atoms in total. The second-order valence-corrected chi connectivity index (χ2v) is 4.38. The Labute approximate surface area is 124 Å². The Kier molecular flexibility index (Phi) is 4.16. The summed E-state index contributed by atoms with van der Waals surface area (Å²) in [5.74, 6) is -1.06. The van der Waals surface area contributed by atoms with Crippen LogP contribution in [-0.2, 0) is 14.1 Å². The lowest BCUT2D eigenvalue weighted by atomic mass is 10.3. The van der Waals surface area contributed by atoms with Crippen LogP contribution < -0.4 is 16.7 Å². The van der Waals surface area contributed by atoms with Gasteiger partial charge >= 0.3 is 5.69 Å². The minimum Gasteiger partial charge on any atom is -0.494 e. The zero-order valence-electron chi connectivity index (χ0n) is 11.8. The van der Waals surface area contributed by atoms with Gasteiger partial charge in [0.2, 0.25) is 5.88 Å². The van der Waals surface area contributed by atoms with Crippen LogP contribution in [0.2, 0.25) is 0 Å². The number of carbonyl (C=O) groups is 1. The fourth-order valence-electron chi connectivity index (χ4n) is 1.69. The second-order valence-electron chi connectivity index (χ2n) is 4.38. The summed E-state index contributed by atoms with van der Waals surface area (Å²) in [7, 11) is 2.58. The molecule has 0 aliphatic heterocycles. The summed E-state index contributed by atoms with van der Waals surface area (Å²) in [6, 6.07) is 3.13. The van der Waals surface area contributed by atoms with Crippen LogP contribution in [0.4, 0.5) is 0 Å². The fraction of sp³-hybridized carbons (Fsp3) is 0.154. The van der Waals surface area contributed by atoms with Gasteiger partial charge in [-0.2, -0.15) is 5.10 Å². The molecule has 114 valence electrons. The molecule has 0 saturated heterocycles. The Balaban J connectivity index is 2.27. The van der Waals surface area contributed by atoms with E-state index in [4.69, 9.17) is 0 Å². The number of amides is 1. The van der Waals surface area contributed by atoms with E-state index in [1.165, 1.54) is 26.5 Å². The molecule has 0 unspecified atom stereocenters. The molecule has 0 aliphatic carbocycles. The van der Waals surface area contributed by atoms with Crippen LogP contribution in [0.15, 0.2) is 39.2 Å². The standard InChI is InChI=1S/C13H13N5O4/c1-17-11(20)9(12(21)18(2)13(17)22)7-15-16-10(19)8-4-3-5-14-6-8/h3-7,20H,1-2H3,(H,16,19)/b15-7+. The minimum absolute atomic E-state index is 0.212. The van der Waals surface area contributed by atoms with Gasteiger partial charge in [0, 0.05) is 26.5 Å². The van der Waals surface area contributed by atoms with E-state index in [1.54, 1.807) is 12.1 Å². The van der Waals surface area contributed by atoms with Gasteiger partial charge in [-0.25, -0.2) is 10.2 Å². The number of nitrogens with zero attached hydrogens (tertiary/aromatic N) is 4. The molecule has 0 saturated carbocycles. The predicted octanol–water partition coefficient (Wildman–Crippen LogP) is -1.05. The van der Waals surface area contributed by atoms with E-state index in [2.05, 4.69) is 15.5 Å². The fourth-order valence-corrected chi connectivity index (χ4v) is 1.69. The van der Waals surface area contributed by atoms with E-state index in [0.29, 0.717) is 0 Å². The van der Waals surface area contributed by atoms with E-state index in [9.17, 15) is 19.5 Å². The van der Waals surface area contributed by atoms with E-state index >= 15 is 0 Å². The Morgan fingerprint density at radius 2 is 2.09 bits per heavy atom. The Morgan fingerprint density at radius 1 is 1.36 bits per heavy atom. The van der Waals surface area contributed by atoms with Crippen molar-refractivity contribution in [3.8, 4) is 5.88 Å². The van der Waals surface area contributed by atoms with Crippen molar-refractivity contribution in [2.75, 3.05) is 0 Å². The molecule has 0 atom stereocenters. The highest BCUT2D eigenvalue weighted by molar-refractivity contribution is 5.94. The van der Waals surface area contributed by atoms with Crippen molar-refractivity contribution in [2.45, 2.75) is 0 Å². The van der Waals surface area contributed by atoms with Gasteiger partial charge in [-0.3, -0.25) is 23.7 Å². The van der Waals surface area contributed by atoms with Gasteiger partial charge in [0.15, 0.2) is 0 Å². The summed E-state index contributed by atoms with van der Waals surface area (Å²) < 4.78 is 1.72. The molecule has 2 aromatic heterocycles. The average Bonchev–Trinajstić information content (AvgIpc) is 2.55. The largest absolute Gasteiger partial charge is 0.494 e. The van der Waals surface area contributed by atoms with Crippen LogP contribution in [0.25, 0.3) is 0 Å². The lowest BCUT2D eigenvalue weighted by Gasteiger charge is -2.07. The Hall–Kier alpha value is -3.23. The number of rotatable bonds is 3. The molecule has 1 amide bonds. The average molecular weight is 303 g/mol. The smallest absolute Gasteiger partial charge is 0.333 e. The van der Waals surface area contributed by atoms with Crippen molar-refractivity contribution in [2.24, 2.45) is 19.2 Å². The maximum Gasteiger partial charge on any atom is 0.333 e. The summed E-state index contributed by atoms with van der Waals surface area (Å²) in [6.07, 6.45) is 3.85. The zero-order chi connectivity index (χ0) is 16.3. The van der Waals surface area contributed by atoms with Crippen LogP contribution in [0, 0.1) is 0 Å². The molecule has 22 heavy (non-hydrogen) atoms. The molecular weight excluding hydrogens is 290 g/mol. The molecule has 0 spiro atoms. The summed E-state index contributed by atoms with van der Waals surface area (Å²) in [5, 5.41) is 13.4. The highest BCUT2D eigenvalue weighted by Gasteiger charge is 2.13. The number of nitrogens with one attached hydrogen (secondary N) is 1. The first-order valence-electron chi connectivity index (χ1n) is 6.16. The molecule has 2 rings (SSSR count). The Morgan fingerprint density at radius 3 is 2.73 bits per heavy atom. The van der Waals surface area contributed by atoms with Gasteiger partial charge in [-0.05, 0) is 12.1 Å². The van der Waals surface area contributed by atoms with Crippen molar-refractivity contribution in [3.05, 3.63) is 56.5 Å². The van der Waals surface area contributed by atoms with Crippen molar-refractivity contribution in [1.29, 1.82) is 0 Å². The van der Waals surface area contributed by atoms with E-state index in [1.807, 2.05) is 0 Å². The van der Waals surface area contributed by atoms with Gasteiger partial charge in [-0.1, -0.05) is 0 Å². The first kappa shape index (κ1) is 15.2. The van der Waals surface area contributed by atoms with E-state index in [0.717, 1.165) is 15.3 Å². The number of hydrogen-bond donors (Lipinski definition) is 2. The van der Waals surface area contributed by atoms with Gasteiger partial charge in [0.25, 0.3) is 11.5 Å². The monoisotopic (exact) mass is 303 g/mol. The highest BCUT2D eigenvalue weighted by atomic mass is 16.3. The number of aromatic hydroxyl groups is 1. The van der Waals surface area contributed by atoms with Gasteiger partial charge in [0.1, 0.15) is 5.56 Å². The molecule has 2 aromatic rings. The first-order chi connectivity index (χ1) is 10.4. The van der Waals surface area contributed by atoms with Crippen molar-refractivity contribution in [1.82, 2.24) is 19.5 Å². The molecule has 0 fully saturated rings. The lowest BCUT2D eigenvalue weighted by Crippen LogP contribution is -2.38. The third kappa shape index (κ3) is 2.77. The van der Waals surface area contributed by atoms with Crippen molar-refractivity contribution in [3.63, 3.8) is 0 Å². The number of hydrazone groups is 1. The van der Waals surface area contributed by atoms with Crippen LogP contribution >= 0.6 is 0 Å². The lowest BCUT2D eigenvalue weighted by molar-refractivity contribution is 0.0954. The second kappa shape index (κ2) is 6.04. The van der Waals surface area contributed by atoms with Crippen LogP contribution in [0.3, 0.4) is 0 Å². The molecule has 9 heteroatoms. The highest BCUT2D eigenvalue weighted by Crippen LogP contribution is 2.05. The summed E-state index contributed by atoms with van der Waals surface area (Å²) in [4.78, 5) is 39.0. The summed E-state index contributed by atoms with van der Waals surface area (Å²) >= 11 is 0. The molecule has 0 radical (unpaired) electrons.